The quantitative estimate of drug-likeness (QED) is 0.828. The molecule has 1 N–H and O–H groups in total. The highest BCUT2D eigenvalue weighted by atomic mass is 35.5. The number of anilines is 2. The van der Waals surface area contributed by atoms with Gasteiger partial charge in [-0.1, -0.05) is 29.8 Å². The fourth-order valence-electron chi connectivity index (χ4n) is 3.63. The van der Waals surface area contributed by atoms with Crippen LogP contribution in [0.15, 0.2) is 47.4 Å². The molecule has 0 radical (unpaired) electrons. The smallest absolute Gasteiger partial charge is 0.238 e. The van der Waals surface area contributed by atoms with Gasteiger partial charge in [-0.15, -0.1) is 11.8 Å². The Balaban J connectivity index is 1.36. The van der Waals surface area contributed by atoms with E-state index in [2.05, 4.69) is 17.1 Å². The number of benzene rings is 2. The zero-order valence-electron chi connectivity index (χ0n) is 15.7. The lowest BCUT2D eigenvalue weighted by Crippen LogP contribution is -2.50. The topological polar surface area (TPSA) is 52.6 Å². The van der Waals surface area contributed by atoms with Crippen LogP contribution in [-0.2, 0) is 9.59 Å². The number of para-hydroxylation sites is 1. The number of rotatable bonds is 3. The molecule has 0 bridgehead atoms. The molecule has 2 aliphatic heterocycles. The largest absolute Gasteiger partial charge is 0.368 e. The van der Waals surface area contributed by atoms with E-state index in [9.17, 15) is 9.59 Å². The van der Waals surface area contributed by atoms with Crippen molar-refractivity contribution in [1.29, 1.82) is 0 Å². The predicted molar refractivity (Wildman–Crippen MR) is 114 cm³/mol. The highest BCUT2D eigenvalue weighted by molar-refractivity contribution is 8.01. The van der Waals surface area contributed by atoms with Crippen LogP contribution < -0.4 is 10.2 Å². The van der Waals surface area contributed by atoms with Gasteiger partial charge in [-0.25, -0.2) is 0 Å². The Kier molecular flexibility index (Phi) is 5.51. The average molecular weight is 416 g/mol. The van der Waals surface area contributed by atoms with Crippen molar-refractivity contribution in [3.05, 3.63) is 53.1 Å². The molecule has 1 atom stereocenters. The van der Waals surface area contributed by atoms with Crippen LogP contribution in [0.1, 0.15) is 12.0 Å². The Labute approximate surface area is 174 Å². The van der Waals surface area contributed by atoms with E-state index in [0.717, 1.165) is 34.4 Å². The van der Waals surface area contributed by atoms with Gasteiger partial charge in [0, 0.05) is 48.2 Å². The molecular weight excluding hydrogens is 394 g/mol. The van der Waals surface area contributed by atoms with Crippen molar-refractivity contribution < 1.29 is 9.59 Å². The number of nitrogens with one attached hydrogen (secondary N) is 1. The van der Waals surface area contributed by atoms with Crippen molar-refractivity contribution in [2.24, 2.45) is 0 Å². The lowest BCUT2D eigenvalue weighted by Gasteiger charge is -2.37. The Morgan fingerprint density at radius 2 is 1.93 bits per heavy atom. The van der Waals surface area contributed by atoms with E-state index in [0.29, 0.717) is 13.1 Å². The summed E-state index contributed by atoms with van der Waals surface area (Å²) >= 11 is 7.62. The molecule has 146 valence electrons. The number of piperazine rings is 1. The Hall–Kier alpha value is -2.18. The second-order valence-corrected chi connectivity index (χ2v) is 8.78. The lowest BCUT2D eigenvalue weighted by atomic mass is 10.1. The molecule has 1 saturated heterocycles. The molecule has 0 saturated carbocycles. The monoisotopic (exact) mass is 415 g/mol. The molecule has 28 heavy (non-hydrogen) atoms. The number of amides is 2. The number of carbonyl (C=O) groups is 2. The summed E-state index contributed by atoms with van der Waals surface area (Å²) in [5.41, 5.74) is 3.13. The van der Waals surface area contributed by atoms with Crippen LogP contribution in [-0.4, -0.2) is 48.1 Å². The summed E-state index contributed by atoms with van der Waals surface area (Å²) in [7, 11) is 0. The van der Waals surface area contributed by atoms with Crippen molar-refractivity contribution in [3.63, 3.8) is 0 Å². The molecule has 1 fully saturated rings. The average Bonchev–Trinajstić information content (AvgIpc) is 2.70. The van der Waals surface area contributed by atoms with Crippen LogP contribution in [0.2, 0.25) is 5.02 Å². The second-order valence-electron chi connectivity index (χ2n) is 7.09. The van der Waals surface area contributed by atoms with Gasteiger partial charge in [0.15, 0.2) is 0 Å². The maximum atomic E-state index is 12.8. The summed E-state index contributed by atoms with van der Waals surface area (Å²) in [6.07, 6.45) is 0.223. The molecule has 2 aromatic carbocycles. The second kappa shape index (κ2) is 8.05. The van der Waals surface area contributed by atoms with Gasteiger partial charge in [0.2, 0.25) is 11.8 Å². The summed E-state index contributed by atoms with van der Waals surface area (Å²) in [5.74, 6) is -0.0558. The molecular formula is C21H22ClN3O2S. The van der Waals surface area contributed by atoms with Gasteiger partial charge in [0.1, 0.15) is 0 Å². The summed E-state index contributed by atoms with van der Waals surface area (Å²) in [5, 5.41) is 3.25. The number of fused-ring (bicyclic) bond motifs is 1. The summed E-state index contributed by atoms with van der Waals surface area (Å²) in [6, 6.07) is 13.6. The molecule has 2 aliphatic rings. The summed E-state index contributed by atoms with van der Waals surface area (Å²) in [4.78, 5) is 30.3. The predicted octanol–water partition coefficient (Wildman–Crippen LogP) is 3.80. The lowest BCUT2D eigenvalue weighted by molar-refractivity contribution is -0.132. The molecule has 0 aliphatic carbocycles. The first-order valence-electron chi connectivity index (χ1n) is 9.37. The maximum absolute atomic E-state index is 12.8. The van der Waals surface area contributed by atoms with Crippen LogP contribution in [0, 0.1) is 6.92 Å². The normalized spacial score (nSPS) is 19.2. The van der Waals surface area contributed by atoms with E-state index in [1.165, 1.54) is 17.3 Å². The van der Waals surface area contributed by atoms with Crippen LogP contribution in [0.5, 0.6) is 0 Å². The van der Waals surface area contributed by atoms with E-state index < -0.39 is 0 Å². The molecule has 4 rings (SSSR count). The van der Waals surface area contributed by atoms with E-state index in [1.807, 2.05) is 47.4 Å². The highest BCUT2D eigenvalue weighted by Crippen LogP contribution is 2.37. The number of carbonyl (C=O) groups excluding carboxylic acids is 2. The van der Waals surface area contributed by atoms with Gasteiger partial charge in [0.25, 0.3) is 0 Å². The summed E-state index contributed by atoms with van der Waals surface area (Å²) in [6.45, 7) is 4.90. The minimum absolute atomic E-state index is 0.0366. The number of hydrogen-bond acceptors (Lipinski definition) is 4. The SMILES string of the molecule is Cc1ccc(Cl)cc1N1CCN(C(=O)C[C@@H]2Sc3ccccc3NC2=O)CC1. The maximum Gasteiger partial charge on any atom is 0.238 e. The van der Waals surface area contributed by atoms with Crippen molar-refractivity contribution in [2.75, 3.05) is 36.4 Å². The van der Waals surface area contributed by atoms with E-state index in [4.69, 9.17) is 11.6 Å². The third-order valence-electron chi connectivity index (χ3n) is 5.21. The minimum Gasteiger partial charge on any atom is -0.368 e. The van der Waals surface area contributed by atoms with Crippen LogP contribution in [0.25, 0.3) is 0 Å². The molecule has 2 amide bonds. The van der Waals surface area contributed by atoms with Crippen molar-refractivity contribution in [3.8, 4) is 0 Å². The van der Waals surface area contributed by atoms with E-state index >= 15 is 0 Å². The number of aryl methyl sites for hydroxylation is 1. The number of thioether (sulfide) groups is 1. The van der Waals surface area contributed by atoms with E-state index in [1.54, 1.807) is 0 Å². The number of nitrogens with zero attached hydrogens (tertiary/aromatic N) is 2. The number of halogens is 1. The Morgan fingerprint density at radius 3 is 2.71 bits per heavy atom. The molecule has 7 heteroatoms. The third kappa shape index (κ3) is 3.98. The zero-order chi connectivity index (χ0) is 19.7. The summed E-state index contributed by atoms with van der Waals surface area (Å²) < 4.78 is 0. The fourth-order valence-corrected chi connectivity index (χ4v) is 4.90. The molecule has 2 aromatic rings. The molecule has 0 unspecified atom stereocenters. The standard InChI is InChI=1S/C21H22ClN3O2S/c1-14-6-7-15(22)12-17(14)24-8-10-25(11-9-24)20(26)13-19-21(27)23-16-4-2-3-5-18(16)28-19/h2-7,12,19H,8-11,13H2,1H3,(H,23,27)/t19-/m0/s1. The molecule has 0 spiro atoms. The highest BCUT2D eigenvalue weighted by Gasteiger charge is 2.31. The van der Waals surface area contributed by atoms with Gasteiger partial charge in [-0.2, -0.15) is 0 Å². The molecule has 0 aromatic heterocycles. The Bertz CT molecular complexity index is 912. The molecule has 2 heterocycles. The van der Waals surface area contributed by atoms with Crippen LogP contribution in [0.4, 0.5) is 11.4 Å². The fraction of sp³-hybridized carbons (Fsp3) is 0.333. The van der Waals surface area contributed by atoms with Crippen LogP contribution >= 0.6 is 23.4 Å². The first kappa shape index (κ1) is 19.2. The third-order valence-corrected chi connectivity index (χ3v) is 6.72. The van der Waals surface area contributed by atoms with Gasteiger partial charge in [-0.3, -0.25) is 9.59 Å². The van der Waals surface area contributed by atoms with Gasteiger partial charge in [-0.05, 0) is 36.8 Å². The van der Waals surface area contributed by atoms with E-state index in [-0.39, 0.29) is 23.5 Å². The van der Waals surface area contributed by atoms with Gasteiger partial charge >= 0.3 is 0 Å². The number of hydrogen-bond donors (Lipinski definition) is 1. The first-order valence-corrected chi connectivity index (χ1v) is 10.6. The Morgan fingerprint density at radius 1 is 1.18 bits per heavy atom. The van der Waals surface area contributed by atoms with Gasteiger partial charge in [0.05, 0.1) is 10.9 Å². The van der Waals surface area contributed by atoms with Gasteiger partial charge < -0.3 is 15.1 Å². The first-order chi connectivity index (χ1) is 13.5. The van der Waals surface area contributed by atoms with Crippen molar-refractivity contribution in [2.45, 2.75) is 23.5 Å². The van der Waals surface area contributed by atoms with Crippen molar-refractivity contribution in [1.82, 2.24) is 4.90 Å². The van der Waals surface area contributed by atoms with Crippen LogP contribution in [0.3, 0.4) is 0 Å². The minimum atomic E-state index is -0.379. The zero-order valence-corrected chi connectivity index (χ0v) is 17.2. The molecule has 5 nitrogen and oxygen atoms in total. The van der Waals surface area contributed by atoms with Crippen molar-refractivity contribution >= 4 is 46.6 Å².